The van der Waals surface area contributed by atoms with Crippen LogP contribution in [0.15, 0.2) is 0 Å². The number of methoxy groups -OCH3 is 1. The Hall–Kier alpha value is -1.63. The largest absolute Gasteiger partial charge is 0.467 e. The monoisotopic (exact) mass is 266 g/mol. The number of nitrogens with one attached hydrogen (secondary N) is 2. The molecule has 0 spiro atoms. The van der Waals surface area contributed by atoms with Crippen LogP contribution in [0.2, 0.25) is 0 Å². The van der Waals surface area contributed by atoms with Crippen LogP contribution in [0, 0.1) is 5.41 Å². The number of ether oxygens (including phenoxy) is 1. The van der Waals surface area contributed by atoms with E-state index in [0.717, 1.165) is 6.42 Å². The Kier molecular flexibility index (Phi) is 4.04. The average Bonchev–Trinajstić information content (AvgIpc) is 2.40. The van der Waals surface area contributed by atoms with E-state index in [2.05, 4.69) is 39.5 Å². The van der Waals surface area contributed by atoms with E-state index in [1.54, 1.807) is 0 Å². The lowest BCUT2D eigenvalue weighted by atomic mass is 9.73. The molecule has 19 heavy (non-hydrogen) atoms. The minimum Gasteiger partial charge on any atom is -0.467 e. The van der Waals surface area contributed by atoms with Gasteiger partial charge in [-0.2, -0.15) is 15.0 Å². The van der Waals surface area contributed by atoms with E-state index in [-0.39, 0.29) is 11.4 Å². The molecule has 1 aromatic rings. The number of hydrogen-bond acceptors (Lipinski definition) is 7. The smallest absolute Gasteiger partial charge is 0.322 e. The van der Waals surface area contributed by atoms with E-state index in [0.29, 0.717) is 17.9 Å². The molecule has 0 saturated heterocycles. The van der Waals surface area contributed by atoms with Crippen molar-refractivity contribution < 1.29 is 4.74 Å². The zero-order valence-corrected chi connectivity index (χ0v) is 11.7. The maximum Gasteiger partial charge on any atom is 0.322 e. The fraction of sp³-hybridized carbons (Fsp3) is 0.750. The van der Waals surface area contributed by atoms with Crippen LogP contribution < -0.4 is 21.3 Å². The molecule has 1 atom stereocenters. The molecule has 0 aliphatic heterocycles. The topological polar surface area (TPSA) is 98.0 Å². The van der Waals surface area contributed by atoms with Gasteiger partial charge in [-0.1, -0.05) is 26.7 Å². The highest BCUT2D eigenvalue weighted by molar-refractivity contribution is 5.36. The van der Waals surface area contributed by atoms with Gasteiger partial charge in [0, 0.05) is 6.04 Å². The fourth-order valence-corrected chi connectivity index (χ4v) is 2.49. The van der Waals surface area contributed by atoms with Crippen LogP contribution in [-0.2, 0) is 0 Å². The van der Waals surface area contributed by atoms with Crippen LogP contribution in [0.4, 0.5) is 11.9 Å². The van der Waals surface area contributed by atoms with Gasteiger partial charge in [0.15, 0.2) is 0 Å². The predicted octanol–water partition coefficient (Wildman–Crippen LogP) is 1.55. The molecule has 2 rings (SSSR count). The normalized spacial score (nSPS) is 21.8. The average molecular weight is 266 g/mol. The lowest BCUT2D eigenvalue weighted by molar-refractivity contribution is 0.216. The standard InChI is InChI=1S/C12H22N6O/c1-12(2)7-5-4-6-8(12)14-9-15-10(18-13)17-11(16-9)19-3/h8H,4-7,13H2,1-3H3,(H2,14,15,16,17,18). The van der Waals surface area contributed by atoms with Crippen molar-refractivity contribution >= 4 is 11.9 Å². The number of hydrogen-bond donors (Lipinski definition) is 3. The van der Waals surface area contributed by atoms with Crippen LogP contribution in [0.3, 0.4) is 0 Å². The lowest BCUT2D eigenvalue weighted by Gasteiger charge is -2.39. The number of aromatic nitrogens is 3. The molecule has 1 aliphatic carbocycles. The number of rotatable bonds is 4. The summed E-state index contributed by atoms with van der Waals surface area (Å²) in [4.78, 5) is 12.4. The van der Waals surface area contributed by atoms with E-state index in [9.17, 15) is 0 Å². The highest BCUT2D eigenvalue weighted by Gasteiger charge is 2.32. The quantitative estimate of drug-likeness (QED) is 0.561. The number of anilines is 2. The maximum absolute atomic E-state index is 5.34. The predicted molar refractivity (Wildman–Crippen MR) is 73.8 cm³/mol. The number of hydrazine groups is 1. The number of nitrogen functional groups attached to an aromatic ring is 1. The van der Waals surface area contributed by atoms with Crippen molar-refractivity contribution in [1.29, 1.82) is 0 Å². The maximum atomic E-state index is 5.34. The van der Waals surface area contributed by atoms with Gasteiger partial charge in [0.1, 0.15) is 0 Å². The van der Waals surface area contributed by atoms with E-state index < -0.39 is 0 Å². The highest BCUT2D eigenvalue weighted by atomic mass is 16.5. The van der Waals surface area contributed by atoms with Crippen molar-refractivity contribution in [2.75, 3.05) is 17.9 Å². The summed E-state index contributed by atoms with van der Waals surface area (Å²) >= 11 is 0. The third kappa shape index (κ3) is 3.23. The summed E-state index contributed by atoms with van der Waals surface area (Å²) in [5.41, 5.74) is 2.65. The van der Waals surface area contributed by atoms with Gasteiger partial charge in [-0.3, -0.25) is 5.43 Å². The van der Waals surface area contributed by atoms with Crippen LogP contribution in [0.5, 0.6) is 6.01 Å². The Bertz CT molecular complexity index is 414. The molecule has 1 aromatic heterocycles. The molecular formula is C12H22N6O. The third-order valence-corrected chi connectivity index (χ3v) is 3.74. The summed E-state index contributed by atoms with van der Waals surface area (Å²) in [5, 5.41) is 3.38. The van der Waals surface area contributed by atoms with E-state index in [4.69, 9.17) is 10.6 Å². The summed E-state index contributed by atoms with van der Waals surface area (Å²) in [6, 6.07) is 0.595. The highest BCUT2D eigenvalue weighted by Crippen LogP contribution is 2.36. The Morgan fingerprint density at radius 1 is 1.21 bits per heavy atom. The Balaban J connectivity index is 2.17. The molecule has 0 amide bonds. The van der Waals surface area contributed by atoms with Gasteiger partial charge in [0.25, 0.3) is 0 Å². The van der Waals surface area contributed by atoms with Gasteiger partial charge in [-0.05, 0) is 18.3 Å². The van der Waals surface area contributed by atoms with Crippen LogP contribution in [0.1, 0.15) is 39.5 Å². The molecule has 1 saturated carbocycles. The first kappa shape index (κ1) is 13.8. The molecule has 0 bridgehead atoms. The molecule has 106 valence electrons. The summed E-state index contributed by atoms with van der Waals surface area (Å²) in [6.45, 7) is 4.54. The van der Waals surface area contributed by atoms with Crippen molar-refractivity contribution in [2.45, 2.75) is 45.6 Å². The van der Waals surface area contributed by atoms with Crippen LogP contribution in [0.25, 0.3) is 0 Å². The molecule has 4 N–H and O–H groups in total. The summed E-state index contributed by atoms with van der Waals surface area (Å²) in [7, 11) is 1.52. The molecule has 1 unspecified atom stereocenters. The van der Waals surface area contributed by atoms with Gasteiger partial charge in [0.2, 0.25) is 11.9 Å². The van der Waals surface area contributed by atoms with Crippen molar-refractivity contribution in [2.24, 2.45) is 11.3 Å². The van der Waals surface area contributed by atoms with Gasteiger partial charge >= 0.3 is 6.01 Å². The molecule has 1 fully saturated rings. The molecular weight excluding hydrogens is 244 g/mol. The molecule has 7 nitrogen and oxygen atoms in total. The molecule has 1 aliphatic rings. The number of nitrogens with two attached hydrogens (primary N) is 1. The molecule has 7 heteroatoms. The van der Waals surface area contributed by atoms with E-state index in [1.807, 2.05) is 0 Å². The Labute approximate surface area is 113 Å². The second kappa shape index (κ2) is 5.56. The second-order valence-corrected chi connectivity index (χ2v) is 5.54. The number of nitrogens with zero attached hydrogens (tertiary/aromatic N) is 3. The molecule has 0 aromatic carbocycles. The van der Waals surface area contributed by atoms with Gasteiger partial charge in [-0.15, -0.1) is 0 Å². The first-order chi connectivity index (χ1) is 9.05. The lowest BCUT2D eigenvalue weighted by Crippen LogP contribution is -2.39. The Morgan fingerprint density at radius 3 is 2.58 bits per heavy atom. The van der Waals surface area contributed by atoms with Crippen LogP contribution >= 0.6 is 0 Å². The molecule has 0 radical (unpaired) electrons. The summed E-state index contributed by atoms with van der Waals surface area (Å²) in [5.74, 6) is 6.14. The van der Waals surface area contributed by atoms with E-state index >= 15 is 0 Å². The minimum absolute atomic E-state index is 0.231. The van der Waals surface area contributed by atoms with Gasteiger partial charge in [0.05, 0.1) is 7.11 Å². The van der Waals surface area contributed by atoms with E-state index in [1.165, 1.54) is 26.4 Å². The van der Waals surface area contributed by atoms with Gasteiger partial charge in [-0.25, -0.2) is 5.84 Å². The van der Waals surface area contributed by atoms with Crippen molar-refractivity contribution in [3.05, 3.63) is 0 Å². The zero-order valence-electron chi connectivity index (χ0n) is 11.7. The zero-order chi connectivity index (χ0) is 13.9. The first-order valence-corrected chi connectivity index (χ1v) is 6.58. The summed E-state index contributed by atoms with van der Waals surface area (Å²) in [6.07, 6.45) is 4.83. The third-order valence-electron chi connectivity index (χ3n) is 3.74. The fourth-order valence-electron chi connectivity index (χ4n) is 2.49. The van der Waals surface area contributed by atoms with Gasteiger partial charge < -0.3 is 10.1 Å². The summed E-state index contributed by atoms with van der Waals surface area (Å²) < 4.78 is 5.04. The molecule has 1 heterocycles. The van der Waals surface area contributed by atoms with Crippen molar-refractivity contribution in [1.82, 2.24) is 15.0 Å². The SMILES string of the molecule is COc1nc(NN)nc(NC2CCCCC2(C)C)n1. The first-order valence-electron chi connectivity index (χ1n) is 6.58. The second-order valence-electron chi connectivity index (χ2n) is 5.54. The minimum atomic E-state index is 0.231. The van der Waals surface area contributed by atoms with Crippen molar-refractivity contribution in [3.63, 3.8) is 0 Å². The van der Waals surface area contributed by atoms with Crippen LogP contribution in [-0.4, -0.2) is 28.1 Å². The Morgan fingerprint density at radius 2 is 1.95 bits per heavy atom. The van der Waals surface area contributed by atoms with Crippen molar-refractivity contribution in [3.8, 4) is 6.01 Å².